The van der Waals surface area contributed by atoms with Crippen molar-refractivity contribution < 1.29 is 9.59 Å². The first-order chi connectivity index (χ1) is 15.5. The van der Waals surface area contributed by atoms with Gasteiger partial charge in [0.15, 0.2) is 5.13 Å². The van der Waals surface area contributed by atoms with Crippen LogP contribution in [0.25, 0.3) is 11.3 Å². The molecule has 0 aliphatic carbocycles. The number of anilines is 2. The van der Waals surface area contributed by atoms with E-state index in [9.17, 15) is 9.59 Å². The number of nitrogens with one attached hydrogen (secondary N) is 2. The SMILES string of the molecule is CC(Sc1cccc(NC(=O)c2cccs2)c1)C(=O)Nc1nc(-c2ccc(Cl)cc2)cs1. The molecule has 0 aliphatic rings. The van der Waals surface area contributed by atoms with Crippen LogP contribution in [0.1, 0.15) is 16.6 Å². The van der Waals surface area contributed by atoms with Crippen molar-refractivity contribution in [3.63, 3.8) is 0 Å². The lowest BCUT2D eigenvalue weighted by Crippen LogP contribution is -2.22. The summed E-state index contributed by atoms with van der Waals surface area (Å²) in [4.78, 5) is 31.0. The van der Waals surface area contributed by atoms with Crippen LogP contribution in [0.15, 0.2) is 76.3 Å². The van der Waals surface area contributed by atoms with Crippen molar-refractivity contribution in [2.24, 2.45) is 0 Å². The number of halogens is 1. The van der Waals surface area contributed by atoms with Gasteiger partial charge in [0, 0.05) is 26.5 Å². The van der Waals surface area contributed by atoms with Gasteiger partial charge in [-0.25, -0.2) is 4.98 Å². The van der Waals surface area contributed by atoms with Crippen molar-refractivity contribution in [2.45, 2.75) is 17.1 Å². The zero-order valence-electron chi connectivity index (χ0n) is 16.9. The largest absolute Gasteiger partial charge is 0.321 e. The summed E-state index contributed by atoms with van der Waals surface area (Å²) in [6, 6.07) is 18.5. The first-order valence-electron chi connectivity index (χ1n) is 9.62. The summed E-state index contributed by atoms with van der Waals surface area (Å²) in [6.07, 6.45) is 0. The highest BCUT2D eigenvalue weighted by Crippen LogP contribution is 2.29. The Bertz CT molecular complexity index is 1220. The van der Waals surface area contributed by atoms with Crippen LogP contribution in [0.5, 0.6) is 0 Å². The molecule has 2 aromatic heterocycles. The molecule has 0 fully saturated rings. The molecule has 0 saturated heterocycles. The average Bonchev–Trinajstić information content (AvgIpc) is 3.47. The number of hydrogen-bond donors (Lipinski definition) is 2. The third-order valence-corrected chi connectivity index (χ3v) is 7.37. The highest BCUT2D eigenvalue weighted by molar-refractivity contribution is 8.00. The number of thiazole rings is 1. The molecule has 1 unspecified atom stereocenters. The molecule has 0 aliphatic heterocycles. The molecule has 9 heteroatoms. The van der Waals surface area contributed by atoms with Crippen molar-refractivity contribution in [3.05, 3.63) is 81.3 Å². The molecule has 162 valence electrons. The summed E-state index contributed by atoms with van der Waals surface area (Å²) in [5.41, 5.74) is 2.42. The maximum atomic E-state index is 12.7. The summed E-state index contributed by atoms with van der Waals surface area (Å²) in [5, 5.41) is 10.4. The lowest BCUT2D eigenvalue weighted by atomic mass is 10.2. The van der Waals surface area contributed by atoms with Crippen molar-refractivity contribution in [2.75, 3.05) is 10.6 Å². The Kier molecular flexibility index (Phi) is 7.26. The van der Waals surface area contributed by atoms with Gasteiger partial charge in [0.2, 0.25) is 5.91 Å². The Morgan fingerprint density at radius 1 is 1.03 bits per heavy atom. The minimum absolute atomic E-state index is 0.139. The second-order valence-electron chi connectivity index (χ2n) is 6.75. The molecule has 0 bridgehead atoms. The van der Waals surface area contributed by atoms with Gasteiger partial charge in [-0.05, 0) is 48.7 Å². The first-order valence-corrected chi connectivity index (χ1v) is 12.6. The van der Waals surface area contributed by atoms with Gasteiger partial charge >= 0.3 is 0 Å². The maximum Gasteiger partial charge on any atom is 0.265 e. The van der Waals surface area contributed by atoms with Crippen LogP contribution in [0, 0.1) is 0 Å². The molecule has 0 spiro atoms. The number of thiophene rings is 1. The van der Waals surface area contributed by atoms with Crippen molar-refractivity contribution in [1.29, 1.82) is 0 Å². The van der Waals surface area contributed by atoms with Gasteiger partial charge in [-0.15, -0.1) is 34.4 Å². The maximum absolute atomic E-state index is 12.7. The van der Waals surface area contributed by atoms with Crippen molar-refractivity contribution >= 4 is 68.7 Å². The van der Waals surface area contributed by atoms with Crippen LogP contribution >= 0.6 is 46.0 Å². The van der Waals surface area contributed by atoms with Gasteiger partial charge in [0.05, 0.1) is 15.8 Å². The number of nitrogens with zero attached hydrogens (tertiary/aromatic N) is 1. The van der Waals surface area contributed by atoms with Gasteiger partial charge in [0.25, 0.3) is 5.91 Å². The molecule has 2 aromatic carbocycles. The minimum atomic E-state index is -0.346. The third-order valence-electron chi connectivity index (χ3n) is 4.39. The van der Waals surface area contributed by atoms with E-state index in [-0.39, 0.29) is 17.1 Å². The van der Waals surface area contributed by atoms with E-state index in [1.165, 1.54) is 34.4 Å². The van der Waals surface area contributed by atoms with Gasteiger partial charge < -0.3 is 10.6 Å². The molecule has 5 nitrogen and oxygen atoms in total. The lowest BCUT2D eigenvalue weighted by Gasteiger charge is -2.12. The Hall–Kier alpha value is -2.65. The molecule has 32 heavy (non-hydrogen) atoms. The second-order valence-corrected chi connectivity index (χ2v) is 10.4. The number of carbonyl (C=O) groups excluding carboxylic acids is 2. The summed E-state index contributed by atoms with van der Waals surface area (Å²) in [7, 11) is 0. The Morgan fingerprint density at radius 3 is 2.59 bits per heavy atom. The zero-order valence-corrected chi connectivity index (χ0v) is 20.1. The molecule has 4 aromatic rings. The van der Waals surface area contributed by atoms with E-state index >= 15 is 0 Å². The molecular weight excluding hydrogens is 482 g/mol. The number of benzene rings is 2. The van der Waals surface area contributed by atoms with Crippen LogP contribution in [-0.2, 0) is 4.79 Å². The van der Waals surface area contributed by atoms with E-state index in [1.54, 1.807) is 6.07 Å². The standard InChI is InChI=1S/C23H18ClN3O2S3/c1-14(21(28)27-23-26-19(13-31-23)15-7-9-16(24)10-8-15)32-18-5-2-4-17(12-18)25-22(29)20-6-3-11-30-20/h2-14H,1H3,(H,25,29)(H,26,27,28). The molecular formula is C23H18ClN3O2S3. The molecule has 0 saturated carbocycles. The van der Waals surface area contributed by atoms with Crippen LogP contribution in [0.3, 0.4) is 0 Å². The third kappa shape index (κ3) is 5.77. The number of thioether (sulfide) groups is 1. The van der Waals surface area contributed by atoms with Crippen LogP contribution in [0.4, 0.5) is 10.8 Å². The minimum Gasteiger partial charge on any atom is -0.321 e. The lowest BCUT2D eigenvalue weighted by molar-refractivity contribution is -0.115. The van der Waals surface area contributed by atoms with Crippen LogP contribution in [-0.4, -0.2) is 22.0 Å². The molecule has 1 atom stereocenters. The topological polar surface area (TPSA) is 71.1 Å². The fourth-order valence-corrected chi connectivity index (χ4v) is 5.19. The number of hydrogen-bond acceptors (Lipinski definition) is 6. The number of rotatable bonds is 7. The normalized spacial score (nSPS) is 11.7. The molecule has 2 amide bonds. The van der Waals surface area contributed by atoms with Crippen LogP contribution in [0.2, 0.25) is 5.02 Å². The molecule has 0 radical (unpaired) electrons. The van der Waals surface area contributed by atoms with Gasteiger partial charge in [-0.1, -0.05) is 35.9 Å². The number of aromatic nitrogens is 1. The summed E-state index contributed by atoms with van der Waals surface area (Å²) >= 11 is 10.1. The van der Waals surface area contributed by atoms with Gasteiger partial charge in [-0.2, -0.15) is 0 Å². The van der Waals surface area contributed by atoms with E-state index < -0.39 is 0 Å². The monoisotopic (exact) mass is 499 g/mol. The summed E-state index contributed by atoms with van der Waals surface area (Å²) in [5.74, 6) is -0.284. The van der Waals surface area contributed by atoms with Crippen LogP contribution < -0.4 is 10.6 Å². The molecule has 2 heterocycles. The Balaban J connectivity index is 1.36. The van der Waals surface area contributed by atoms with E-state index in [2.05, 4.69) is 15.6 Å². The summed E-state index contributed by atoms with van der Waals surface area (Å²) < 4.78 is 0. The van der Waals surface area contributed by atoms with E-state index in [4.69, 9.17) is 11.6 Å². The quantitative estimate of drug-likeness (QED) is 0.271. The smallest absolute Gasteiger partial charge is 0.265 e. The Labute approximate surface area is 202 Å². The second kappa shape index (κ2) is 10.3. The average molecular weight is 500 g/mol. The van der Waals surface area contributed by atoms with E-state index in [0.717, 1.165) is 16.2 Å². The van der Waals surface area contributed by atoms with Gasteiger partial charge in [-0.3, -0.25) is 9.59 Å². The Morgan fingerprint density at radius 2 is 1.84 bits per heavy atom. The van der Waals surface area contributed by atoms with Gasteiger partial charge in [0.1, 0.15) is 0 Å². The fraction of sp³-hybridized carbons (Fsp3) is 0.0870. The predicted molar refractivity (Wildman–Crippen MR) is 135 cm³/mol. The highest BCUT2D eigenvalue weighted by atomic mass is 35.5. The first kappa shape index (κ1) is 22.5. The highest BCUT2D eigenvalue weighted by Gasteiger charge is 2.17. The van der Waals surface area contributed by atoms with Crippen molar-refractivity contribution in [3.8, 4) is 11.3 Å². The van der Waals surface area contributed by atoms with E-state index in [1.807, 2.05) is 72.3 Å². The molecule has 4 rings (SSSR count). The number of amides is 2. The number of carbonyl (C=O) groups is 2. The van der Waals surface area contributed by atoms with Crippen molar-refractivity contribution in [1.82, 2.24) is 4.98 Å². The summed E-state index contributed by atoms with van der Waals surface area (Å²) in [6.45, 7) is 1.84. The van der Waals surface area contributed by atoms with E-state index in [0.29, 0.717) is 20.7 Å². The molecule has 2 N–H and O–H groups in total. The fourth-order valence-electron chi connectivity index (χ4n) is 2.80. The zero-order chi connectivity index (χ0) is 22.5. The predicted octanol–water partition coefficient (Wildman–Crippen LogP) is 6.90.